The van der Waals surface area contributed by atoms with Gasteiger partial charge >= 0.3 is 0 Å². The van der Waals surface area contributed by atoms with Gasteiger partial charge in [-0.1, -0.05) is 19.3 Å². The molecule has 94 valence electrons. The second-order valence-electron chi connectivity index (χ2n) is 4.90. The zero-order valence-corrected chi connectivity index (χ0v) is 9.88. The number of aliphatic hydroxyl groups is 1. The molecule has 4 N–H and O–H groups in total. The minimum atomic E-state index is -0.351. The van der Waals surface area contributed by atoms with Crippen molar-refractivity contribution in [3.8, 4) is 0 Å². The van der Waals surface area contributed by atoms with Gasteiger partial charge in [0.25, 0.3) is 0 Å². The maximum absolute atomic E-state index is 13.2. The van der Waals surface area contributed by atoms with Gasteiger partial charge in [-0.3, -0.25) is 0 Å². The summed E-state index contributed by atoms with van der Waals surface area (Å²) in [4.78, 5) is 0. The van der Waals surface area contributed by atoms with Crippen LogP contribution in [0.5, 0.6) is 0 Å². The molecule has 3 nitrogen and oxygen atoms in total. The highest BCUT2D eigenvalue weighted by molar-refractivity contribution is 5.56. The third-order valence-corrected chi connectivity index (χ3v) is 3.44. The molecule has 1 fully saturated rings. The van der Waals surface area contributed by atoms with E-state index in [-0.39, 0.29) is 18.0 Å². The van der Waals surface area contributed by atoms with Crippen molar-refractivity contribution in [2.24, 2.45) is 0 Å². The van der Waals surface area contributed by atoms with Gasteiger partial charge < -0.3 is 16.2 Å². The molecule has 0 aromatic heterocycles. The van der Waals surface area contributed by atoms with Gasteiger partial charge in [0.15, 0.2) is 0 Å². The van der Waals surface area contributed by atoms with Crippen molar-refractivity contribution < 1.29 is 9.50 Å². The summed E-state index contributed by atoms with van der Waals surface area (Å²) in [6.45, 7) is 0.0728. The van der Waals surface area contributed by atoms with E-state index in [0.29, 0.717) is 11.4 Å². The van der Waals surface area contributed by atoms with Crippen molar-refractivity contribution in [3.05, 3.63) is 24.0 Å². The van der Waals surface area contributed by atoms with Crippen LogP contribution in [-0.2, 0) is 0 Å². The lowest BCUT2D eigenvalue weighted by atomic mass is 9.82. The lowest BCUT2D eigenvalue weighted by Crippen LogP contribution is -2.43. The Morgan fingerprint density at radius 2 is 1.94 bits per heavy atom. The summed E-state index contributed by atoms with van der Waals surface area (Å²) < 4.78 is 13.2. The number of nitrogens with two attached hydrogens (primary N) is 1. The Morgan fingerprint density at radius 1 is 1.24 bits per heavy atom. The zero-order chi connectivity index (χ0) is 12.3. The molecule has 17 heavy (non-hydrogen) atoms. The topological polar surface area (TPSA) is 58.3 Å². The molecule has 1 aromatic carbocycles. The summed E-state index contributed by atoms with van der Waals surface area (Å²) in [5.74, 6) is -0.351. The molecule has 1 aliphatic carbocycles. The highest BCUT2D eigenvalue weighted by Gasteiger charge is 2.31. The fourth-order valence-electron chi connectivity index (χ4n) is 2.54. The number of hydrogen-bond acceptors (Lipinski definition) is 3. The van der Waals surface area contributed by atoms with Gasteiger partial charge in [0.05, 0.1) is 12.1 Å². The van der Waals surface area contributed by atoms with Gasteiger partial charge in [-0.15, -0.1) is 0 Å². The standard InChI is InChI=1S/C13H19FN2O/c14-10-6-11(15)8-12(7-10)16-13(9-17)4-2-1-3-5-13/h6-8,16-17H,1-5,9,15H2. The molecular weight excluding hydrogens is 219 g/mol. The molecule has 0 radical (unpaired) electrons. The lowest BCUT2D eigenvalue weighted by molar-refractivity contribution is 0.173. The van der Waals surface area contributed by atoms with Gasteiger partial charge in [-0.25, -0.2) is 4.39 Å². The molecule has 1 aromatic rings. The Kier molecular flexibility index (Phi) is 3.52. The molecule has 4 heteroatoms. The van der Waals surface area contributed by atoms with E-state index in [1.807, 2.05) is 0 Å². The number of anilines is 2. The normalized spacial score (nSPS) is 18.9. The van der Waals surface area contributed by atoms with Gasteiger partial charge in [0, 0.05) is 11.4 Å². The van der Waals surface area contributed by atoms with Crippen LogP contribution in [0.2, 0.25) is 0 Å². The van der Waals surface area contributed by atoms with Crippen LogP contribution >= 0.6 is 0 Å². The first kappa shape index (κ1) is 12.2. The fraction of sp³-hybridized carbons (Fsp3) is 0.538. The molecular formula is C13H19FN2O. The van der Waals surface area contributed by atoms with Crippen LogP contribution < -0.4 is 11.1 Å². The van der Waals surface area contributed by atoms with Crippen molar-refractivity contribution in [2.75, 3.05) is 17.7 Å². The van der Waals surface area contributed by atoms with E-state index in [4.69, 9.17) is 5.73 Å². The van der Waals surface area contributed by atoms with E-state index >= 15 is 0 Å². The molecule has 0 unspecified atom stereocenters. The van der Waals surface area contributed by atoms with Crippen LogP contribution in [0.15, 0.2) is 18.2 Å². The summed E-state index contributed by atoms with van der Waals surface area (Å²) in [5.41, 5.74) is 6.35. The number of nitrogens with one attached hydrogen (secondary N) is 1. The molecule has 0 atom stereocenters. The Morgan fingerprint density at radius 3 is 2.53 bits per heavy atom. The smallest absolute Gasteiger partial charge is 0.127 e. The SMILES string of the molecule is Nc1cc(F)cc(NC2(CO)CCCCC2)c1. The highest BCUT2D eigenvalue weighted by Crippen LogP contribution is 2.32. The fourth-order valence-corrected chi connectivity index (χ4v) is 2.54. The molecule has 1 saturated carbocycles. The summed E-state index contributed by atoms with van der Waals surface area (Å²) in [6, 6.07) is 4.41. The number of nitrogen functional groups attached to an aromatic ring is 1. The first-order valence-corrected chi connectivity index (χ1v) is 6.09. The van der Waals surface area contributed by atoms with Crippen LogP contribution in [0.3, 0.4) is 0 Å². The number of aliphatic hydroxyl groups excluding tert-OH is 1. The number of halogens is 1. The van der Waals surface area contributed by atoms with Gasteiger partial charge in [-0.05, 0) is 31.0 Å². The van der Waals surface area contributed by atoms with E-state index in [0.717, 1.165) is 25.7 Å². The third kappa shape index (κ3) is 2.88. The predicted octanol–water partition coefficient (Wildman–Crippen LogP) is 2.52. The second-order valence-corrected chi connectivity index (χ2v) is 4.90. The van der Waals surface area contributed by atoms with Crippen molar-refractivity contribution >= 4 is 11.4 Å². The molecule has 0 amide bonds. The number of hydrogen-bond donors (Lipinski definition) is 3. The highest BCUT2D eigenvalue weighted by atomic mass is 19.1. The monoisotopic (exact) mass is 238 g/mol. The average Bonchev–Trinajstić information content (AvgIpc) is 2.29. The Bertz CT molecular complexity index is 369. The second kappa shape index (κ2) is 4.92. The predicted molar refractivity (Wildman–Crippen MR) is 67.3 cm³/mol. The molecule has 0 saturated heterocycles. The van der Waals surface area contributed by atoms with Gasteiger partial charge in [-0.2, -0.15) is 0 Å². The van der Waals surface area contributed by atoms with E-state index < -0.39 is 0 Å². The van der Waals surface area contributed by atoms with E-state index in [1.54, 1.807) is 6.07 Å². The molecule has 0 heterocycles. The van der Waals surface area contributed by atoms with Crippen LogP contribution in [0, 0.1) is 5.82 Å². The maximum Gasteiger partial charge on any atom is 0.127 e. The third-order valence-electron chi connectivity index (χ3n) is 3.44. The molecule has 1 aliphatic rings. The molecule has 0 spiro atoms. The summed E-state index contributed by atoms with van der Waals surface area (Å²) in [5, 5.41) is 12.8. The van der Waals surface area contributed by atoms with Crippen LogP contribution in [0.1, 0.15) is 32.1 Å². The largest absolute Gasteiger partial charge is 0.399 e. The van der Waals surface area contributed by atoms with E-state index in [1.165, 1.54) is 18.6 Å². The van der Waals surface area contributed by atoms with Crippen molar-refractivity contribution in [2.45, 2.75) is 37.6 Å². The van der Waals surface area contributed by atoms with Crippen molar-refractivity contribution in [1.82, 2.24) is 0 Å². The van der Waals surface area contributed by atoms with Gasteiger partial charge in [0.1, 0.15) is 5.82 Å². The van der Waals surface area contributed by atoms with Crippen molar-refractivity contribution in [1.29, 1.82) is 0 Å². The maximum atomic E-state index is 13.2. The quantitative estimate of drug-likeness (QED) is 0.709. The first-order valence-electron chi connectivity index (χ1n) is 6.09. The zero-order valence-electron chi connectivity index (χ0n) is 9.88. The van der Waals surface area contributed by atoms with E-state index in [9.17, 15) is 9.50 Å². The van der Waals surface area contributed by atoms with Gasteiger partial charge in [0.2, 0.25) is 0 Å². The first-order chi connectivity index (χ1) is 8.13. The Hall–Kier alpha value is -1.29. The lowest BCUT2D eigenvalue weighted by Gasteiger charge is -2.37. The Balaban J connectivity index is 2.17. The number of rotatable bonds is 3. The average molecular weight is 238 g/mol. The summed E-state index contributed by atoms with van der Waals surface area (Å²) >= 11 is 0. The molecule has 0 bridgehead atoms. The summed E-state index contributed by atoms with van der Waals surface area (Å²) in [7, 11) is 0. The van der Waals surface area contributed by atoms with Crippen molar-refractivity contribution in [3.63, 3.8) is 0 Å². The number of benzene rings is 1. The Labute approximate surface area is 101 Å². The van der Waals surface area contributed by atoms with E-state index in [2.05, 4.69) is 5.32 Å². The van der Waals surface area contributed by atoms with Crippen LogP contribution in [0.4, 0.5) is 15.8 Å². The molecule has 0 aliphatic heterocycles. The minimum absolute atomic E-state index is 0.0728. The summed E-state index contributed by atoms with van der Waals surface area (Å²) in [6.07, 6.45) is 5.23. The molecule has 2 rings (SSSR count). The minimum Gasteiger partial charge on any atom is -0.399 e. The van der Waals surface area contributed by atoms with Crippen LogP contribution in [-0.4, -0.2) is 17.3 Å². The van der Waals surface area contributed by atoms with Crippen LogP contribution in [0.25, 0.3) is 0 Å².